The molecule has 0 saturated carbocycles. The molecule has 0 aromatic rings. The van der Waals surface area contributed by atoms with E-state index in [-0.39, 0.29) is 31.1 Å². The Balaban J connectivity index is 3.94. The van der Waals surface area contributed by atoms with Crippen molar-refractivity contribution in [1.82, 2.24) is 0 Å². The largest absolute Gasteiger partial charge is 0.462 e. The van der Waals surface area contributed by atoms with Gasteiger partial charge in [0.15, 0.2) is 6.10 Å². The second kappa shape index (κ2) is 54.7. The van der Waals surface area contributed by atoms with Crippen LogP contribution in [0.3, 0.4) is 0 Å². The van der Waals surface area contributed by atoms with Crippen molar-refractivity contribution in [2.24, 2.45) is 0 Å². The summed E-state index contributed by atoms with van der Waals surface area (Å²) in [7, 11) is 0. The minimum Gasteiger partial charge on any atom is -0.462 e. The van der Waals surface area contributed by atoms with Gasteiger partial charge in [-0.1, -0.05) is 248 Å². The van der Waals surface area contributed by atoms with Crippen LogP contribution in [0.2, 0.25) is 0 Å². The minimum atomic E-state index is -0.771. The van der Waals surface area contributed by atoms with Gasteiger partial charge in [-0.25, -0.2) is 0 Å². The molecule has 382 valence electrons. The third-order valence-electron chi connectivity index (χ3n) is 12.2. The van der Waals surface area contributed by atoms with Gasteiger partial charge in [0.2, 0.25) is 0 Å². The van der Waals surface area contributed by atoms with Gasteiger partial charge in [0.25, 0.3) is 0 Å². The molecule has 0 heterocycles. The molecule has 0 rings (SSSR count). The van der Waals surface area contributed by atoms with Crippen LogP contribution in [0.1, 0.15) is 284 Å². The van der Waals surface area contributed by atoms with Gasteiger partial charge >= 0.3 is 17.9 Å². The predicted molar refractivity (Wildman–Crippen MR) is 284 cm³/mol. The fourth-order valence-corrected chi connectivity index (χ4v) is 8.03. The van der Waals surface area contributed by atoms with E-state index in [1.54, 1.807) is 0 Å². The van der Waals surface area contributed by atoms with Crippen LogP contribution < -0.4 is 0 Å². The summed E-state index contributed by atoms with van der Waals surface area (Å²) in [5.74, 6) is -0.884. The summed E-state index contributed by atoms with van der Waals surface area (Å²) in [6, 6.07) is 0. The monoisotopic (exact) mass is 923 g/mol. The summed E-state index contributed by atoms with van der Waals surface area (Å²) in [4.78, 5) is 37.7. The number of rotatable bonds is 51. The Kier molecular flexibility index (Phi) is 52.3. The van der Waals surface area contributed by atoms with E-state index < -0.39 is 6.10 Å². The van der Waals surface area contributed by atoms with Gasteiger partial charge in [-0.2, -0.15) is 0 Å². The van der Waals surface area contributed by atoms with Crippen molar-refractivity contribution in [3.8, 4) is 0 Å². The lowest BCUT2D eigenvalue weighted by Crippen LogP contribution is -2.30. The van der Waals surface area contributed by atoms with E-state index in [9.17, 15) is 14.4 Å². The van der Waals surface area contributed by atoms with Crippen LogP contribution in [-0.2, 0) is 28.6 Å². The Labute approximate surface area is 409 Å². The standard InChI is InChI=1S/C60H106O6/c1-4-7-10-13-16-18-20-21-22-23-24-25-26-27-28-29-30-31-32-33-34-35-36-37-38-39-40-42-44-47-50-53-59(62)65-56-57(55-64-58(61)52-49-46-43-15-12-9-6-3)66-60(63)54-51-48-45-41-19-17-14-11-8-5-2/h7,10-11,14,16,18,21-22,24-25,57H,4-6,8-9,12-13,15,17,19-20,23,26-56H2,1-3H3/b10-7-,14-11-,18-16-,22-21-,25-24-. The molecule has 0 aliphatic carbocycles. The van der Waals surface area contributed by atoms with E-state index in [1.807, 2.05) is 0 Å². The molecule has 0 amide bonds. The first kappa shape index (κ1) is 63.1. The van der Waals surface area contributed by atoms with Crippen molar-refractivity contribution < 1.29 is 28.6 Å². The molecule has 1 unspecified atom stereocenters. The molecule has 0 aromatic carbocycles. The molecule has 6 nitrogen and oxygen atoms in total. The first-order valence-corrected chi connectivity index (χ1v) is 28.3. The highest BCUT2D eigenvalue weighted by Crippen LogP contribution is 2.16. The number of allylic oxidation sites excluding steroid dienone is 10. The van der Waals surface area contributed by atoms with Crippen LogP contribution in [0.5, 0.6) is 0 Å². The average molecular weight is 924 g/mol. The Morgan fingerprint density at radius 1 is 0.318 bits per heavy atom. The molecule has 0 radical (unpaired) electrons. The third kappa shape index (κ3) is 52.1. The zero-order chi connectivity index (χ0) is 47.9. The van der Waals surface area contributed by atoms with E-state index in [0.29, 0.717) is 19.3 Å². The zero-order valence-electron chi connectivity index (χ0n) is 43.7. The summed E-state index contributed by atoms with van der Waals surface area (Å²) < 4.78 is 16.7. The van der Waals surface area contributed by atoms with Gasteiger partial charge < -0.3 is 14.2 Å². The fraction of sp³-hybridized carbons (Fsp3) is 0.783. The molecular formula is C60H106O6. The molecule has 0 aliphatic rings. The van der Waals surface area contributed by atoms with Crippen molar-refractivity contribution in [3.05, 3.63) is 60.8 Å². The van der Waals surface area contributed by atoms with E-state index in [2.05, 4.69) is 81.5 Å². The first-order valence-electron chi connectivity index (χ1n) is 28.3. The molecule has 0 N–H and O–H groups in total. The van der Waals surface area contributed by atoms with Crippen molar-refractivity contribution in [3.63, 3.8) is 0 Å². The summed E-state index contributed by atoms with van der Waals surface area (Å²) in [5, 5.41) is 0. The number of ether oxygens (including phenoxy) is 3. The summed E-state index contributed by atoms with van der Waals surface area (Å²) >= 11 is 0. The van der Waals surface area contributed by atoms with Crippen molar-refractivity contribution in [2.45, 2.75) is 290 Å². The van der Waals surface area contributed by atoms with Crippen LogP contribution in [0.4, 0.5) is 0 Å². The van der Waals surface area contributed by atoms with E-state index in [4.69, 9.17) is 14.2 Å². The van der Waals surface area contributed by atoms with Gasteiger partial charge in [-0.05, 0) is 77.0 Å². The summed E-state index contributed by atoms with van der Waals surface area (Å²) in [6.45, 7) is 6.43. The molecule has 0 aromatic heterocycles. The lowest BCUT2D eigenvalue weighted by molar-refractivity contribution is -0.167. The van der Waals surface area contributed by atoms with Crippen molar-refractivity contribution in [2.75, 3.05) is 13.2 Å². The number of carbonyl (C=O) groups is 3. The SMILES string of the molecule is CC/C=C\C/C=C\C/C=C\C/C=C\CCCCCCCCCCCCCCCCCCCCC(=O)OCC(COC(=O)CCCCCCCCC)OC(=O)CCCCCCC/C=C\CCC. The molecular weight excluding hydrogens is 817 g/mol. The second-order valence-electron chi connectivity index (χ2n) is 18.8. The third-order valence-corrected chi connectivity index (χ3v) is 12.2. The van der Waals surface area contributed by atoms with Gasteiger partial charge in [-0.15, -0.1) is 0 Å². The second-order valence-corrected chi connectivity index (χ2v) is 18.8. The fourth-order valence-electron chi connectivity index (χ4n) is 8.03. The minimum absolute atomic E-state index is 0.0740. The van der Waals surface area contributed by atoms with Crippen molar-refractivity contribution in [1.29, 1.82) is 0 Å². The van der Waals surface area contributed by atoms with Gasteiger partial charge in [0.1, 0.15) is 13.2 Å². The lowest BCUT2D eigenvalue weighted by atomic mass is 10.0. The first-order chi connectivity index (χ1) is 32.5. The molecule has 0 aliphatic heterocycles. The highest BCUT2D eigenvalue weighted by Gasteiger charge is 2.19. The summed E-state index contributed by atoms with van der Waals surface area (Å²) in [5.41, 5.74) is 0. The van der Waals surface area contributed by atoms with E-state index in [0.717, 1.165) is 103 Å². The van der Waals surface area contributed by atoms with E-state index >= 15 is 0 Å². The highest BCUT2D eigenvalue weighted by molar-refractivity contribution is 5.71. The van der Waals surface area contributed by atoms with Gasteiger partial charge in [0, 0.05) is 19.3 Å². The number of esters is 3. The van der Waals surface area contributed by atoms with Crippen LogP contribution in [0.25, 0.3) is 0 Å². The topological polar surface area (TPSA) is 78.9 Å². The molecule has 0 bridgehead atoms. The zero-order valence-corrected chi connectivity index (χ0v) is 43.7. The van der Waals surface area contributed by atoms with Crippen molar-refractivity contribution >= 4 is 17.9 Å². The maximum absolute atomic E-state index is 12.7. The quantitative estimate of drug-likeness (QED) is 0.0262. The normalized spacial score (nSPS) is 12.5. The van der Waals surface area contributed by atoms with Crippen LogP contribution in [0.15, 0.2) is 60.8 Å². The lowest BCUT2D eigenvalue weighted by Gasteiger charge is -2.18. The Hall–Kier alpha value is -2.89. The number of carbonyl (C=O) groups excluding carboxylic acids is 3. The van der Waals surface area contributed by atoms with Crippen LogP contribution >= 0.6 is 0 Å². The Bertz CT molecular complexity index is 1200. The average Bonchev–Trinajstić information content (AvgIpc) is 3.31. The smallest absolute Gasteiger partial charge is 0.306 e. The Morgan fingerprint density at radius 3 is 1.00 bits per heavy atom. The number of unbranched alkanes of at least 4 members (excludes halogenated alkanes) is 30. The van der Waals surface area contributed by atoms with Crippen LogP contribution in [-0.4, -0.2) is 37.2 Å². The molecule has 66 heavy (non-hydrogen) atoms. The number of hydrogen-bond donors (Lipinski definition) is 0. The molecule has 1 atom stereocenters. The molecule has 0 fully saturated rings. The number of hydrogen-bond acceptors (Lipinski definition) is 6. The Morgan fingerprint density at radius 2 is 0.621 bits per heavy atom. The van der Waals surface area contributed by atoms with Gasteiger partial charge in [0.05, 0.1) is 0 Å². The highest BCUT2D eigenvalue weighted by atomic mass is 16.6. The predicted octanol–water partition coefficient (Wildman–Crippen LogP) is 18.8. The van der Waals surface area contributed by atoms with Gasteiger partial charge in [-0.3, -0.25) is 14.4 Å². The van der Waals surface area contributed by atoms with E-state index in [1.165, 1.54) is 141 Å². The molecule has 0 saturated heterocycles. The molecule has 0 spiro atoms. The molecule has 6 heteroatoms. The summed E-state index contributed by atoms with van der Waals surface area (Å²) in [6.07, 6.45) is 68.3. The maximum Gasteiger partial charge on any atom is 0.306 e. The maximum atomic E-state index is 12.7. The van der Waals surface area contributed by atoms with Crippen LogP contribution in [0, 0.1) is 0 Å².